The van der Waals surface area contributed by atoms with Crippen molar-refractivity contribution in [2.24, 2.45) is 0 Å². The van der Waals surface area contributed by atoms with Crippen molar-refractivity contribution >= 4 is 12.4 Å². The summed E-state index contributed by atoms with van der Waals surface area (Å²) < 4.78 is 0. The van der Waals surface area contributed by atoms with Crippen LogP contribution in [0, 0.1) is 0 Å². The number of halogens is 1. The fourth-order valence-electron chi connectivity index (χ4n) is 3.87. The number of piperidine rings is 1. The van der Waals surface area contributed by atoms with Crippen molar-refractivity contribution < 1.29 is 0 Å². The van der Waals surface area contributed by atoms with E-state index in [1.165, 1.54) is 58.2 Å². The van der Waals surface area contributed by atoms with Crippen LogP contribution < -0.4 is 0 Å². The van der Waals surface area contributed by atoms with Gasteiger partial charge in [-0.2, -0.15) is 0 Å². The molecule has 3 rings (SSSR count). The van der Waals surface area contributed by atoms with Crippen molar-refractivity contribution in [3.63, 3.8) is 0 Å². The molecule has 0 amide bonds. The summed E-state index contributed by atoms with van der Waals surface area (Å²) in [6.45, 7) is 6.23. The van der Waals surface area contributed by atoms with Crippen molar-refractivity contribution in [1.82, 2.24) is 4.90 Å². The van der Waals surface area contributed by atoms with E-state index in [1.54, 1.807) is 11.1 Å². The van der Waals surface area contributed by atoms with Crippen molar-refractivity contribution in [1.29, 1.82) is 0 Å². The molecule has 1 aliphatic heterocycles. The highest BCUT2D eigenvalue weighted by atomic mass is 35.5. The first-order chi connectivity index (χ1) is 8.84. The maximum absolute atomic E-state index is 2.68. The molecule has 1 aliphatic carbocycles. The van der Waals surface area contributed by atoms with E-state index in [2.05, 4.69) is 36.1 Å². The highest BCUT2D eigenvalue weighted by Gasteiger charge is 2.40. The van der Waals surface area contributed by atoms with Crippen molar-refractivity contribution in [2.45, 2.75) is 50.9 Å². The molecule has 2 heteroatoms. The third-order valence-electron chi connectivity index (χ3n) is 5.10. The average molecular weight is 280 g/mol. The Hall–Kier alpha value is -0.530. The molecule has 19 heavy (non-hydrogen) atoms. The first kappa shape index (κ1) is 14.9. The minimum absolute atomic E-state index is 0. The van der Waals surface area contributed by atoms with Gasteiger partial charge in [0.05, 0.1) is 0 Å². The Labute approximate surface area is 123 Å². The minimum atomic E-state index is 0. The van der Waals surface area contributed by atoms with Crippen LogP contribution in [0.2, 0.25) is 0 Å². The summed E-state index contributed by atoms with van der Waals surface area (Å²) in [5, 5.41) is 0. The number of rotatable bonds is 3. The average Bonchev–Trinajstić information content (AvgIpc) is 2.78. The fourth-order valence-corrected chi connectivity index (χ4v) is 3.87. The van der Waals surface area contributed by atoms with Crippen molar-refractivity contribution in [3.05, 3.63) is 35.4 Å². The molecule has 1 saturated heterocycles. The molecule has 0 saturated carbocycles. The van der Waals surface area contributed by atoms with E-state index < -0.39 is 0 Å². The van der Waals surface area contributed by atoms with E-state index in [0.717, 1.165) is 0 Å². The molecule has 1 aromatic carbocycles. The van der Waals surface area contributed by atoms with Crippen LogP contribution in [0.4, 0.5) is 0 Å². The lowest BCUT2D eigenvalue weighted by Gasteiger charge is -2.40. The molecule has 0 unspecified atom stereocenters. The quantitative estimate of drug-likeness (QED) is 0.802. The molecule has 1 nitrogen and oxygen atoms in total. The second-order valence-corrected chi connectivity index (χ2v) is 6.13. The lowest BCUT2D eigenvalue weighted by Crippen LogP contribution is -2.41. The molecule has 106 valence electrons. The summed E-state index contributed by atoms with van der Waals surface area (Å²) in [5.41, 5.74) is 3.85. The molecule has 1 spiro atoms. The van der Waals surface area contributed by atoms with Gasteiger partial charge >= 0.3 is 0 Å². The van der Waals surface area contributed by atoms with E-state index in [0.29, 0.717) is 5.41 Å². The number of aryl methyl sites for hydroxylation is 1. The standard InChI is InChI=1S/C17H25N.ClH/c1-2-3-12-18-13-10-17(11-14-18)9-8-15-6-4-5-7-16(15)17;/h4-7H,2-3,8-14H2,1H3;1H. The molecular weight excluding hydrogens is 254 g/mol. The van der Waals surface area contributed by atoms with Crippen LogP contribution in [0.15, 0.2) is 24.3 Å². The summed E-state index contributed by atoms with van der Waals surface area (Å²) in [6, 6.07) is 9.17. The third-order valence-corrected chi connectivity index (χ3v) is 5.10. The zero-order chi connectivity index (χ0) is 12.4. The lowest BCUT2D eigenvalue weighted by molar-refractivity contribution is 0.157. The molecule has 2 aliphatic rings. The molecule has 1 fully saturated rings. The zero-order valence-electron chi connectivity index (χ0n) is 12.0. The molecule has 0 N–H and O–H groups in total. The van der Waals surface area contributed by atoms with E-state index in [1.807, 2.05) is 0 Å². The molecule has 0 radical (unpaired) electrons. The third kappa shape index (κ3) is 2.83. The normalized spacial score (nSPS) is 21.1. The van der Waals surface area contributed by atoms with Crippen molar-refractivity contribution in [2.75, 3.05) is 19.6 Å². The van der Waals surface area contributed by atoms with Gasteiger partial charge in [-0.25, -0.2) is 0 Å². The van der Waals surface area contributed by atoms with Gasteiger partial charge in [-0.15, -0.1) is 12.4 Å². The predicted molar refractivity (Wildman–Crippen MR) is 84.3 cm³/mol. The second-order valence-electron chi connectivity index (χ2n) is 6.13. The van der Waals surface area contributed by atoms with Gasteiger partial charge in [0, 0.05) is 0 Å². The van der Waals surface area contributed by atoms with Crippen LogP contribution >= 0.6 is 12.4 Å². The van der Waals surface area contributed by atoms with Crippen LogP contribution in [-0.2, 0) is 11.8 Å². The summed E-state index contributed by atoms with van der Waals surface area (Å²) >= 11 is 0. The highest BCUT2D eigenvalue weighted by molar-refractivity contribution is 5.85. The van der Waals surface area contributed by atoms with Gasteiger partial charge in [0.1, 0.15) is 0 Å². The molecule has 1 heterocycles. The molecule has 0 bridgehead atoms. The maximum Gasteiger partial charge on any atom is -0.00102 e. The number of likely N-dealkylation sites (tertiary alicyclic amines) is 1. The number of nitrogens with zero attached hydrogens (tertiary/aromatic N) is 1. The summed E-state index contributed by atoms with van der Waals surface area (Å²) in [7, 11) is 0. The first-order valence-electron chi connectivity index (χ1n) is 7.65. The van der Waals surface area contributed by atoms with Gasteiger partial charge in [-0.3, -0.25) is 0 Å². The number of benzene rings is 1. The number of hydrogen-bond acceptors (Lipinski definition) is 1. The second kappa shape index (κ2) is 6.28. The van der Waals surface area contributed by atoms with Crippen LogP contribution in [0.1, 0.15) is 50.2 Å². The summed E-state index contributed by atoms with van der Waals surface area (Å²) in [5.74, 6) is 0. The number of unbranched alkanes of at least 4 members (excludes halogenated alkanes) is 1. The molecular formula is C17H26ClN. The van der Waals surface area contributed by atoms with E-state index >= 15 is 0 Å². The van der Waals surface area contributed by atoms with Gasteiger partial charge in [0.15, 0.2) is 0 Å². The minimum Gasteiger partial charge on any atom is -0.303 e. The van der Waals surface area contributed by atoms with E-state index in [9.17, 15) is 0 Å². The summed E-state index contributed by atoms with van der Waals surface area (Å²) in [6.07, 6.45) is 8.16. The van der Waals surface area contributed by atoms with Gasteiger partial charge in [-0.05, 0) is 68.3 Å². The van der Waals surface area contributed by atoms with E-state index in [4.69, 9.17) is 0 Å². The van der Waals surface area contributed by atoms with Crippen LogP contribution in [-0.4, -0.2) is 24.5 Å². The van der Waals surface area contributed by atoms with Crippen molar-refractivity contribution in [3.8, 4) is 0 Å². The first-order valence-corrected chi connectivity index (χ1v) is 7.65. The monoisotopic (exact) mass is 279 g/mol. The van der Waals surface area contributed by atoms with Gasteiger partial charge in [0.25, 0.3) is 0 Å². The molecule has 0 atom stereocenters. The van der Waals surface area contributed by atoms with Gasteiger partial charge in [-0.1, -0.05) is 37.6 Å². The predicted octanol–water partition coefficient (Wildman–Crippen LogP) is 4.19. The highest BCUT2D eigenvalue weighted by Crippen LogP contribution is 2.45. The zero-order valence-corrected chi connectivity index (χ0v) is 12.8. The molecule has 0 aromatic heterocycles. The molecule has 1 aromatic rings. The Kier molecular flexibility index (Phi) is 4.92. The van der Waals surface area contributed by atoms with Gasteiger partial charge < -0.3 is 4.90 Å². The Morgan fingerprint density at radius 2 is 1.84 bits per heavy atom. The fraction of sp³-hybridized carbons (Fsp3) is 0.647. The van der Waals surface area contributed by atoms with Gasteiger partial charge in [0.2, 0.25) is 0 Å². The SMILES string of the molecule is CCCCN1CCC2(CCc3ccccc32)CC1.Cl. The van der Waals surface area contributed by atoms with Crippen LogP contribution in [0.5, 0.6) is 0 Å². The largest absolute Gasteiger partial charge is 0.303 e. The Balaban J connectivity index is 0.00000133. The Bertz CT molecular complexity index is 407. The number of hydrogen-bond donors (Lipinski definition) is 0. The smallest absolute Gasteiger partial charge is 0.00102 e. The Morgan fingerprint density at radius 1 is 1.11 bits per heavy atom. The summed E-state index contributed by atoms with van der Waals surface area (Å²) in [4.78, 5) is 2.68. The lowest BCUT2D eigenvalue weighted by atomic mass is 9.74. The Morgan fingerprint density at radius 3 is 2.58 bits per heavy atom. The van der Waals surface area contributed by atoms with E-state index in [-0.39, 0.29) is 12.4 Å². The van der Waals surface area contributed by atoms with Crippen LogP contribution in [0.25, 0.3) is 0 Å². The number of fused-ring (bicyclic) bond motifs is 2. The van der Waals surface area contributed by atoms with Crippen LogP contribution in [0.3, 0.4) is 0 Å². The maximum atomic E-state index is 2.68. The topological polar surface area (TPSA) is 3.24 Å².